The fourth-order valence-electron chi connectivity index (χ4n) is 5.53. The van der Waals surface area contributed by atoms with Crippen LogP contribution in [0.2, 0.25) is 0 Å². The summed E-state index contributed by atoms with van der Waals surface area (Å²) in [5.74, 6) is -3.05. The Hall–Kier alpha value is -3.43. The van der Waals surface area contributed by atoms with Crippen LogP contribution < -0.4 is 0 Å². The second kappa shape index (κ2) is 13.1. The zero-order chi connectivity index (χ0) is 30.6. The Bertz CT molecular complexity index is 1640. The topological polar surface area (TPSA) is 34.4 Å². The van der Waals surface area contributed by atoms with E-state index in [1.165, 1.54) is 12.1 Å². The number of benzene rings is 3. The smallest absolute Gasteiger partial charge is 0.279 e. The van der Waals surface area contributed by atoms with Gasteiger partial charge < -0.3 is 14.4 Å². The fourth-order valence-corrected chi connectivity index (χ4v) is 8.29. The molecule has 0 radical (unpaired) electrons. The first-order valence-corrected chi connectivity index (χ1v) is 16.9. The molecule has 7 heteroatoms. The molecule has 3 aromatic carbocycles. The van der Waals surface area contributed by atoms with Crippen LogP contribution in [0.5, 0.6) is 0 Å². The van der Waals surface area contributed by atoms with Crippen LogP contribution >= 0.6 is 20.7 Å². The number of halogens is 4. The average Bonchev–Trinajstić information content (AvgIpc) is 3.38. The van der Waals surface area contributed by atoms with Crippen molar-refractivity contribution in [3.05, 3.63) is 149 Å². The van der Waals surface area contributed by atoms with Gasteiger partial charge in [-0.05, 0) is 69.1 Å². The highest BCUT2D eigenvalue weighted by Crippen LogP contribution is 2.42. The highest BCUT2D eigenvalue weighted by molar-refractivity contribution is 14.2. The lowest BCUT2D eigenvalue weighted by Crippen LogP contribution is -2.47. The largest absolute Gasteiger partial charge is 0.489 e. The van der Waals surface area contributed by atoms with Crippen molar-refractivity contribution >= 4 is 30.5 Å². The maximum absolute atomic E-state index is 15.5. The third-order valence-electron chi connectivity index (χ3n) is 7.96. The number of ether oxygens (including phenoxy) is 1. The third-order valence-corrected chi connectivity index (χ3v) is 10.5. The summed E-state index contributed by atoms with van der Waals surface area (Å²) in [6, 6.07) is 23.3. The van der Waals surface area contributed by atoms with Crippen LogP contribution in [0, 0.1) is 5.82 Å². The molecular weight excluding hydrogens is 662 g/mol. The predicted octanol–water partition coefficient (Wildman–Crippen LogP) is 8.74. The van der Waals surface area contributed by atoms with E-state index in [-0.39, 0.29) is 44.6 Å². The molecule has 3 nitrogen and oxygen atoms in total. The molecule has 0 aliphatic carbocycles. The van der Waals surface area contributed by atoms with Crippen LogP contribution in [-0.4, -0.2) is 24.0 Å². The van der Waals surface area contributed by atoms with Crippen LogP contribution in [0.4, 0.5) is 13.2 Å². The maximum atomic E-state index is 15.5. The van der Waals surface area contributed by atoms with Gasteiger partial charge in [-0.15, -0.1) is 27.3 Å². The van der Waals surface area contributed by atoms with E-state index in [2.05, 4.69) is 10.6 Å². The number of aliphatic hydroxyl groups is 1. The van der Waals surface area contributed by atoms with Gasteiger partial charge in [-0.2, -0.15) is 0 Å². The normalized spacial score (nSPS) is 16.6. The molecule has 0 saturated carbocycles. The number of nitrogens with zero attached hydrogens (tertiary/aromatic N) is 1. The molecule has 0 spiro atoms. The van der Waals surface area contributed by atoms with Crippen molar-refractivity contribution in [2.24, 2.45) is 0 Å². The summed E-state index contributed by atoms with van der Waals surface area (Å²) in [5, 5.41) is 11.8. The van der Waals surface area contributed by atoms with E-state index in [1.807, 2.05) is 55.5 Å². The second-order valence-corrected chi connectivity index (χ2v) is 13.2. The Kier molecular flexibility index (Phi) is 9.42. The average molecular weight is 698 g/mol. The van der Waals surface area contributed by atoms with Gasteiger partial charge in [-0.25, -0.2) is 13.2 Å². The van der Waals surface area contributed by atoms with Crippen LogP contribution in [0.15, 0.2) is 104 Å². The molecule has 0 saturated heterocycles. The summed E-state index contributed by atoms with van der Waals surface area (Å²) in [6.45, 7) is 6.53. The van der Waals surface area contributed by atoms with E-state index in [4.69, 9.17) is 4.74 Å². The van der Waals surface area contributed by atoms with Crippen molar-refractivity contribution in [1.29, 1.82) is 0 Å². The van der Waals surface area contributed by atoms with Gasteiger partial charge >= 0.3 is 0 Å². The predicted molar refractivity (Wildman–Crippen MR) is 176 cm³/mol. The molecule has 2 atom stereocenters. The van der Waals surface area contributed by atoms with Crippen molar-refractivity contribution in [3.63, 3.8) is 0 Å². The Balaban J connectivity index is 1.48. The van der Waals surface area contributed by atoms with Gasteiger partial charge in [-0.1, -0.05) is 60.7 Å². The number of fused-ring (bicyclic) bond motifs is 1. The molecule has 1 aliphatic heterocycles. The van der Waals surface area contributed by atoms with E-state index in [9.17, 15) is 9.50 Å². The summed E-state index contributed by atoms with van der Waals surface area (Å²) in [5.41, 5.74) is 3.05. The molecule has 1 aromatic heterocycles. The standard InChI is InChI=1S/C36H35F3INO2/c1-4-9-33-31(34(5-2)43-23-25-10-7-6-8-11-25)18-19-41(33)24-36(42,35(3,38)39)28-14-17-30-27(20-28)21-40-22-32(30)26-12-15-29(37)16-13-26/h4-8,10-21,32,42H,1,9,22-24H2,2-3H3/b34-5+. The molecule has 224 valence electrons. The van der Waals surface area contributed by atoms with E-state index >= 15 is 8.78 Å². The first kappa shape index (κ1) is 31.0. The van der Waals surface area contributed by atoms with Gasteiger partial charge in [0.2, 0.25) is 0 Å². The number of aromatic nitrogens is 1. The summed E-state index contributed by atoms with van der Waals surface area (Å²) < 4.78 is 55.4. The first-order valence-electron chi connectivity index (χ1n) is 14.2. The van der Waals surface area contributed by atoms with Crippen LogP contribution in [0.25, 0.3) is 5.76 Å². The number of hydrogen-bond acceptors (Lipinski definition) is 2. The van der Waals surface area contributed by atoms with Gasteiger partial charge in [-0.3, -0.25) is 0 Å². The summed E-state index contributed by atoms with van der Waals surface area (Å²) in [7, 11) is 0. The molecular formula is C36H35F3INO2. The number of alkyl halides is 3. The van der Waals surface area contributed by atoms with E-state index < -0.39 is 11.5 Å². The number of hydrogen-bond donors (Lipinski definition) is 1. The monoisotopic (exact) mass is 697 g/mol. The highest BCUT2D eigenvalue weighted by atomic mass is 127. The zero-order valence-corrected chi connectivity index (χ0v) is 26.4. The molecule has 4 aromatic rings. The minimum absolute atomic E-state index is 0.0685. The Labute approximate surface area is 261 Å². The molecule has 2 unspecified atom stereocenters. The molecule has 1 N–H and O–H groups in total. The van der Waals surface area contributed by atoms with Crippen molar-refractivity contribution < 1.29 is 23.0 Å². The second-order valence-electron chi connectivity index (χ2n) is 10.8. The molecule has 2 heterocycles. The SMILES string of the molecule is C=CCc1c(/C(=C\C)OCc2ccccc2)ccn1CC(O)(c1ccc2c(c1)C=ICC2c1ccc(F)cc1)C(C)(F)F. The number of rotatable bonds is 11. The maximum Gasteiger partial charge on any atom is 0.279 e. The van der Waals surface area contributed by atoms with Gasteiger partial charge in [0.1, 0.15) is 18.2 Å². The van der Waals surface area contributed by atoms with E-state index in [1.54, 1.807) is 41.1 Å². The summed E-state index contributed by atoms with van der Waals surface area (Å²) in [6.07, 6.45) is 5.70. The fraction of sp³-hybridized carbons (Fsp3) is 0.250. The number of allylic oxidation sites excluding steroid dienone is 2. The lowest BCUT2D eigenvalue weighted by Gasteiger charge is -2.36. The van der Waals surface area contributed by atoms with E-state index in [0.29, 0.717) is 18.8 Å². The molecule has 1 aliphatic rings. The minimum Gasteiger partial charge on any atom is -0.489 e. The Morgan fingerprint density at radius 3 is 2.51 bits per heavy atom. The molecule has 5 rings (SSSR count). The van der Waals surface area contributed by atoms with Gasteiger partial charge in [0.05, 0.1) is 6.54 Å². The van der Waals surface area contributed by atoms with Crippen molar-refractivity contribution in [3.8, 4) is 0 Å². The Morgan fingerprint density at radius 1 is 1.09 bits per heavy atom. The van der Waals surface area contributed by atoms with Gasteiger partial charge in [0, 0.05) is 41.1 Å². The van der Waals surface area contributed by atoms with E-state index in [0.717, 1.165) is 44.9 Å². The van der Waals surface area contributed by atoms with Crippen LogP contribution in [-0.2, 0) is 29.9 Å². The van der Waals surface area contributed by atoms with Crippen molar-refractivity contribution in [1.82, 2.24) is 4.57 Å². The lowest BCUT2D eigenvalue weighted by molar-refractivity contribution is -0.184. The lowest BCUT2D eigenvalue weighted by atomic mass is 9.83. The van der Waals surface area contributed by atoms with Crippen molar-refractivity contribution in [2.45, 2.75) is 50.9 Å². The van der Waals surface area contributed by atoms with Crippen LogP contribution in [0.3, 0.4) is 0 Å². The van der Waals surface area contributed by atoms with Crippen molar-refractivity contribution in [2.75, 3.05) is 4.43 Å². The van der Waals surface area contributed by atoms with Gasteiger partial charge in [0.15, 0.2) is 5.60 Å². The summed E-state index contributed by atoms with van der Waals surface area (Å²) >= 11 is -0.338. The minimum atomic E-state index is -3.45. The molecule has 43 heavy (non-hydrogen) atoms. The summed E-state index contributed by atoms with van der Waals surface area (Å²) in [4.78, 5) is 0. The molecule has 0 fully saturated rings. The zero-order valence-electron chi connectivity index (χ0n) is 24.2. The quantitative estimate of drug-likeness (QED) is 0.0737. The molecule has 0 amide bonds. The highest BCUT2D eigenvalue weighted by Gasteiger charge is 2.51. The molecule has 0 bridgehead atoms. The first-order chi connectivity index (χ1) is 20.6. The third kappa shape index (κ3) is 6.58. The van der Waals surface area contributed by atoms with Gasteiger partial charge in [0.25, 0.3) is 5.92 Å². The van der Waals surface area contributed by atoms with Crippen LogP contribution in [0.1, 0.15) is 58.8 Å². The Morgan fingerprint density at radius 2 is 1.84 bits per heavy atom.